The van der Waals surface area contributed by atoms with E-state index in [4.69, 9.17) is 11.6 Å². The van der Waals surface area contributed by atoms with E-state index in [0.717, 1.165) is 5.56 Å². The first-order valence-electron chi connectivity index (χ1n) is 9.74. The van der Waals surface area contributed by atoms with Crippen LogP contribution in [0.25, 0.3) is 0 Å². The largest absolute Gasteiger partial charge is 0.339 e. The number of amides is 1. The van der Waals surface area contributed by atoms with Crippen LogP contribution in [0.2, 0.25) is 5.02 Å². The van der Waals surface area contributed by atoms with Crippen molar-refractivity contribution in [2.75, 3.05) is 13.1 Å². The van der Waals surface area contributed by atoms with Gasteiger partial charge < -0.3 is 4.90 Å². The molecule has 29 heavy (non-hydrogen) atoms. The second-order valence-corrected chi connectivity index (χ2v) is 10.6. The van der Waals surface area contributed by atoms with Gasteiger partial charge in [-0.2, -0.15) is 0 Å². The first-order chi connectivity index (χ1) is 13.6. The summed E-state index contributed by atoms with van der Waals surface area (Å²) in [7, 11) is -3.58. The van der Waals surface area contributed by atoms with Gasteiger partial charge in [0.2, 0.25) is 10.0 Å². The molecule has 1 amide bonds. The Kier molecular flexibility index (Phi) is 6.36. The molecule has 0 spiro atoms. The molecule has 1 fully saturated rings. The van der Waals surface area contributed by atoms with Crippen molar-refractivity contribution in [3.63, 3.8) is 0 Å². The molecule has 0 radical (unpaired) electrons. The van der Waals surface area contributed by atoms with Crippen LogP contribution < -0.4 is 4.72 Å². The fourth-order valence-corrected chi connectivity index (χ4v) is 4.83. The van der Waals surface area contributed by atoms with Crippen molar-refractivity contribution in [2.45, 2.75) is 50.0 Å². The molecule has 2 aromatic rings. The van der Waals surface area contributed by atoms with Gasteiger partial charge in [-0.05, 0) is 60.2 Å². The average Bonchev–Trinajstić information content (AvgIpc) is 2.68. The molecule has 0 aromatic heterocycles. The number of carbonyl (C=O) groups is 1. The van der Waals surface area contributed by atoms with Crippen molar-refractivity contribution < 1.29 is 13.2 Å². The minimum absolute atomic E-state index is 0.0286. The van der Waals surface area contributed by atoms with E-state index in [1.165, 1.54) is 0 Å². The highest BCUT2D eigenvalue weighted by molar-refractivity contribution is 7.89. The highest BCUT2D eigenvalue weighted by atomic mass is 35.5. The van der Waals surface area contributed by atoms with E-state index >= 15 is 0 Å². The molecule has 5 nitrogen and oxygen atoms in total. The molecule has 7 heteroatoms. The highest BCUT2D eigenvalue weighted by Crippen LogP contribution is 2.24. The Bertz CT molecular complexity index is 957. The first kappa shape index (κ1) is 21.8. The number of rotatable bonds is 4. The van der Waals surface area contributed by atoms with Gasteiger partial charge in [0.05, 0.1) is 4.90 Å². The van der Waals surface area contributed by atoms with Gasteiger partial charge in [-0.25, -0.2) is 13.1 Å². The number of halogens is 1. The predicted octanol–water partition coefficient (Wildman–Crippen LogP) is 4.22. The van der Waals surface area contributed by atoms with Gasteiger partial charge in [-0.3, -0.25) is 4.79 Å². The van der Waals surface area contributed by atoms with Crippen LogP contribution in [0.15, 0.2) is 53.4 Å². The first-order valence-corrected chi connectivity index (χ1v) is 11.6. The molecule has 1 aliphatic heterocycles. The molecule has 2 aromatic carbocycles. The monoisotopic (exact) mass is 434 g/mol. The van der Waals surface area contributed by atoms with E-state index in [-0.39, 0.29) is 22.3 Å². The number of likely N-dealkylation sites (tertiary alicyclic amines) is 1. The van der Waals surface area contributed by atoms with Gasteiger partial charge in [-0.1, -0.05) is 44.5 Å². The predicted molar refractivity (Wildman–Crippen MR) is 116 cm³/mol. The summed E-state index contributed by atoms with van der Waals surface area (Å²) in [6.07, 6.45) is 1.16. The number of nitrogens with one attached hydrogen (secondary N) is 1. The molecule has 1 heterocycles. The average molecular weight is 435 g/mol. The number of hydrogen-bond acceptors (Lipinski definition) is 3. The molecule has 156 valence electrons. The summed E-state index contributed by atoms with van der Waals surface area (Å²) in [4.78, 5) is 14.6. The molecule has 1 aliphatic rings. The fraction of sp³-hybridized carbons (Fsp3) is 0.409. The van der Waals surface area contributed by atoms with Crippen LogP contribution in [-0.4, -0.2) is 38.4 Å². The SMILES string of the molecule is CC(C)(C)c1ccc(S(=O)(=O)NC2CCN(C(=O)c3ccc(Cl)cc3)CC2)cc1. The lowest BCUT2D eigenvalue weighted by Gasteiger charge is -2.32. The van der Waals surface area contributed by atoms with Gasteiger partial charge in [0.25, 0.3) is 5.91 Å². The molecule has 0 aliphatic carbocycles. The van der Waals surface area contributed by atoms with Gasteiger partial charge in [0.15, 0.2) is 0 Å². The third-order valence-corrected chi connectivity index (χ3v) is 7.01. The Morgan fingerprint density at radius 2 is 1.55 bits per heavy atom. The molecular weight excluding hydrogens is 408 g/mol. The topological polar surface area (TPSA) is 66.5 Å². The quantitative estimate of drug-likeness (QED) is 0.783. The number of sulfonamides is 1. The smallest absolute Gasteiger partial charge is 0.253 e. The normalized spacial score (nSPS) is 16.1. The molecule has 1 N–H and O–H groups in total. The lowest BCUT2D eigenvalue weighted by molar-refractivity contribution is 0.0711. The number of hydrogen-bond donors (Lipinski definition) is 1. The van der Waals surface area contributed by atoms with E-state index in [1.807, 2.05) is 12.1 Å². The van der Waals surface area contributed by atoms with Crippen molar-refractivity contribution in [1.82, 2.24) is 9.62 Å². The lowest BCUT2D eigenvalue weighted by Crippen LogP contribution is -2.46. The van der Waals surface area contributed by atoms with Gasteiger partial charge >= 0.3 is 0 Å². The summed E-state index contributed by atoms with van der Waals surface area (Å²) in [5.41, 5.74) is 1.65. The van der Waals surface area contributed by atoms with Crippen LogP contribution in [0.5, 0.6) is 0 Å². The van der Waals surface area contributed by atoms with Crippen LogP contribution >= 0.6 is 11.6 Å². The van der Waals surface area contributed by atoms with Gasteiger partial charge in [0, 0.05) is 29.7 Å². The fourth-order valence-electron chi connectivity index (χ4n) is 3.40. The molecule has 0 atom stereocenters. The van der Waals surface area contributed by atoms with Crippen molar-refractivity contribution in [3.8, 4) is 0 Å². The van der Waals surface area contributed by atoms with E-state index in [2.05, 4.69) is 25.5 Å². The zero-order valence-electron chi connectivity index (χ0n) is 17.0. The zero-order valence-corrected chi connectivity index (χ0v) is 18.6. The Labute approximate surface area is 178 Å². The maximum Gasteiger partial charge on any atom is 0.253 e. The second kappa shape index (κ2) is 8.46. The van der Waals surface area contributed by atoms with E-state index < -0.39 is 10.0 Å². The van der Waals surface area contributed by atoms with Crippen molar-refractivity contribution in [3.05, 3.63) is 64.7 Å². The second-order valence-electron chi connectivity index (χ2n) is 8.47. The third kappa shape index (κ3) is 5.38. The lowest BCUT2D eigenvalue weighted by atomic mass is 9.87. The van der Waals surface area contributed by atoms with Crippen LogP contribution in [-0.2, 0) is 15.4 Å². The minimum atomic E-state index is -3.58. The maximum atomic E-state index is 12.7. The molecular formula is C22H27ClN2O3S. The summed E-state index contributed by atoms with van der Waals surface area (Å²) < 4.78 is 28.2. The van der Waals surface area contributed by atoms with E-state index in [9.17, 15) is 13.2 Å². The van der Waals surface area contributed by atoms with Crippen molar-refractivity contribution in [1.29, 1.82) is 0 Å². The number of benzene rings is 2. The number of nitrogens with zero attached hydrogens (tertiary/aromatic N) is 1. The minimum Gasteiger partial charge on any atom is -0.339 e. The van der Waals surface area contributed by atoms with Crippen molar-refractivity contribution in [2.24, 2.45) is 0 Å². The molecule has 0 saturated carbocycles. The Morgan fingerprint density at radius 3 is 2.07 bits per heavy atom. The van der Waals surface area contributed by atoms with Crippen molar-refractivity contribution >= 4 is 27.5 Å². The highest BCUT2D eigenvalue weighted by Gasteiger charge is 2.27. The zero-order chi connectivity index (χ0) is 21.2. The number of carbonyl (C=O) groups excluding carboxylic acids is 1. The Morgan fingerprint density at radius 1 is 1.00 bits per heavy atom. The van der Waals surface area contributed by atoms with Crippen LogP contribution in [0.3, 0.4) is 0 Å². The van der Waals surface area contributed by atoms with Crippen LogP contribution in [0, 0.1) is 0 Å². The maximum absolute atomic E-state index is 12.7. The van der Waals surface area contributed by atoms with Crippen LogP contribution in [0.4, 0.5) is 0 Å². The summed E-state index contributed by atoms with van der Waals surface area (Å²) in [6, 6.07) is 13.7. The van der Waals surface area contributed by atoms with Crippen LogP contribution in [0.1, 0.15) is 49.5 Å². The number of piperidine rings is 1. The summed E-state index contributed by atoms with van der Waals surface area (Å²) in [5, 5.41) is 0.588. The molecule has 0 bridgehead atoms. The van der Waals surface area contributed by atoms with Gasteiger partial charge in [-0.15, -0.1) is 0 Å². The summed E-state index contributed by atoms with van der Waals surface area (Å²) in [5.74, 6) is -0.0549. The standard InChI is InChI=1S/C22H27ClN2O3S/c1-22(2,3)17-6-10-20(11-7-17)29(27,28)24-19-12-14-25(15-13-19)21(26)16-4-8-18(23)9-5-16/h4-11,19,24H,12-15H2,1-3H3. The molecule has 3 rings (SSSR count). The van der Waals surface area contributed by atoms with Gasteiger partial charge in [0.1, 0.15) is 0 Å². The van der Waals surface area contributed by atoms with E-state index in [0.29, 0.717) is 36.5 Å². The molecule has 1 saturated heterocycles. The summed E-state index contributed by atoms with van der Waals surface area (Å²) >= 11 is 5.87. The third-order valence-electron chi connectivity index (χ3n) is 5.23. The Balaban J connectivity index is 1.59. The summed E-state index contributed by atoms with van der Waals surface area (Å²) in [6.45, 7) is 7.30. The van der Waals surface area contributed by atoms with E-state index in [1.54, 1.807) is 41.3 Å². The molecule has 0 unspecified atom stereocenters. The Hall–Kier alpha value is -1.89.